The molecule has 3 amide bonds. The minimum absolute atomic E-state index is 0.0908. The number of carboxylic acid groups (broad SMARTS) is 1. The molecule has 0 fully saturated rings. The molecule has 0 aliphatic heterocycles. The first-order valence-corrected chi connectivity index (χ1v) is 5.50. The highest BCUT2D eigenvalue weighted by atomic mass is 32.1. The molecule has 0 aliphatic carbocycles. The van der Waals surface area contributed by atoms with Crippen LogP contribution in [0, 0.1) is 0 Å². The molecule has 1 aromatic rings. The molecule has 1 atom stereocenters. The average Bonchev–Trinajstić information content (AvgIpc) is 2.76. The molecule has 10 nitrogen and oxygen atoms in total. The van der Waals surface area contributed by atoms with Crippen molar-refractivity contribution >= 4 is 34.6 Å². The first kappa shape index (κ1) is 13.8. The molecule has 5 N–H and O–H groups in total. The quantitative estimate of drug-likeness (QED) is 0.505. The van der Waals surface area contributed by atoms with E-state index in [9.17, 15) is 14.4 Å². The zero-order valence-corrected chi connectivity index (χ0v) is 9.81. The summed E-state index contributed by atoms with van der Waals surface area (Å²) in [6, 6.07) is -1.98. The predicted octanol–water partition coefficient (Wildman–Crippen LogP) is -1.23. The molecule has 0 bridgehead atoms. The molecule has 18 heavy (non-hydrogen) atoms. The fourth-order valence-electron chi connectivity index (χ4n) is 1.02. The lowest BCUT2D eigenvalue weighted by Gasteiger charge is -2.13. The summed E-state index contributed by atoms with van der Waals surface area (Å²) < 4.78 is 3.41. The molecule has 1 heterocycles. The van der Waals surface area contributed by atoms with Crippen LogP contribution in [0.25, 0.3) is 0 Å². The van der Waals surface area contributed by atoms with Crippen molar-refractivity contribution in [1.82, 2.24) is 20.1 Å². The van der Waals surface area contributed by atoms with E-state index in [0.717, 1.165) is 11.5 Å². The largest absolute Gasteiger partial charge is 0.480 e. The Morgan fingerprint density at radius 1 is 1.44 bits per heavy atom. The molecule has 11 heteroatoms. The van der Waals surface area contributed by atoms with Crippen LogP contribution in [0.4, 0.5) is 9.93 Å². The number of carbonyl (C=O) groups excluding carboxylic acids is 2. The Bertz CT molecular complexity index is 435. The minimum Gasteiger partial charge on any atom is -0.480 e. The van der Waals surface area contributed by atoms with E-state index in [-0.39, 0.29) is 18.0 Å². The van der Waals surface area contributed by atoms with Crippen molar-refractivity contribution in [3.05, 3.63) is 0 Å². The van der Waals surface area contributed by atoms with Gasteiger partial charge in [0.2, 0.25) is 11.0 Å². The molecule has 1 aromatic heterocycles. The fraction of sp³-hybridized carbons (Fsp3) is 0.429. The van der Waals surface area contributed by atoms with E-state index >= 15 is 0 Å². The Morgan fingerprint density at radius 3 is 2.67 bits per heavy atom. The number of primary amides is 1. The van der Waals surface area contributed by atoms with E-state index in [0.29, 0.717) is 0 Å². The van der Waals surface area contributed by atoms with Crippen LogP contribution in [0.2, 0.25) is 0 Å². The predicted molar refractivity (Wildman–Crippen MR) is 59.7 cm³/mol. The number of nitrogens with one attached hydrogen (secondary N) is 2. The van der Waals surface area contributed by atoms with Crippen LogP contribution in [0.1, 0.15) is 12.8 Å². The van der Waals surface area contributed by atoms with Gasteiger partial charge in [0.25, 0.3) is 0 Å². The van der Waals surface area contributed by atoms with Crippen molar-refractivity contribution in [2.75, 3.05) is 5.32 Å². The first-order chi connectivity index (χ1) is 8.49. The Morgan fingerprint density at radius 2 is 2.17 bits per heavy atom. The van der Waals surface area contributed by atoms with E-state index in [4.69, 9.17) is 10.8 Å². The van der Waals surface area contributed by atoms with E-state index in [1.165, 1.54) is 0 Å². The molecule has 1 rings (SSSR count). The van der Waals surface area contributed by atoms with Gasteiger partial charge in [-0.25, -0.2) is 9.59 Å². The standard InChI is InChI=1S/C7H10N6O4S/c8-4(14)2-1-3(5(15)16)9-6(17)10-7-11-12-13-18-7/h3H,1-2H2,(H2,8,14)(H,15,16)(H2,9,10,11,13,17)/t3-/m0/s1. The summed E-state index contributed by atoms with van der Waals surface area (Å²) in [7, 11) is 0. The Labute approximate surface area is 105 Å². The molecular weight excluding hydrogens is 264 g/mol. The van der Waals surface area contributed by atoms with E-state index < -0.39 is 23.9 Å². The summed E-state index contributed by atoms with van der Waals surface area (Å²) in [5, 5.41) is 20.1. The topological polar surface area (TPSA) is 160 Å². The maximum absolute atomic E-state index is 11.4. The highest BCUT2D eigenvalue weighted by Gasteiger charge is 2.20. The number of hydrogen-bond acceptors (Lipinski definition) is 7. The lowest BCUT2D eigenvalue weighted by molar-refractivity contribution is -0.139. The first-order valence-electron chi connectivity index (χ1n) is 4.72. The van der Waals surface area contributed by atoms with Crippen LogP contribution in [-0.4, -0.2) is 43.9 Å². The van der Waals surface area contributed by atoms with E-state index in [2.05, 4.69) is 25.4 Å². The van der Waals surface area contributed by atoms with Gasteiger partial charge in [-0.1, -0.05) is 9.59 Å². The Balaban J connectivity index is 2.47. The Hall–Kier alpha value is -2.30. The minimum atomic E-state index is -1.26. The lowest BCUT2D eigenvalue weighted by atomic mass is 10.1. The molecule has 0 spiro atoms. The smallest absolute Gasteiger partial charge is 0.326 e. The number of aromatic nitrogens is 3. The SMILES string of the molecule is NC(=O)CC[C@H](NC(=O)Nc1nnns1)C(=O)O. The number of hydrogen-bond donors (Lipinski definition) is 4. The second-order valence-corrected chi connectivity index (χ2v) is 3.89. The summed E-state index contributed by atoms with van der Waals surface area (Å²) in [5.41, 5.74) is 4.90. The molecule has 0 radical (unpaired) electrons. The summed E-state index contributed by atoms with van der Waals surface area (Å²) in [5.74, 6) is -1.90. The van der Waals surface area contributed by atoms with Crippen molar-refractivity contribution < 1.29 is 19.5 Å². The zero-order chi connectivity index (χ0) is 13.5. The van der Waals surface area contributed by atoms with E-state index in [1.54, 1.807) is 0 Å². The molecule has 0 saturated heterocycles. The van der Waals surface area contributed by atoms with Gasteiger partial charge in [0.05, 0.1) is 0 Å². The number of nitrogens with two attached hydrogens (primary N) is 1. The molecule has 0 aromatic carbocycles. The van der Waals surface area contributed by atoms with E-state index in [1.807, 2.05) is 0 Å². The van der Waals surface area contributed by atoms with Gasteiger partial charge in [-0.2, -0.15) is 0 Å². The zero-order valence-electron chi connectivity index (χ0n) is 8.99. The van der Waals surface area contributed by atoms with Crippen LogP contribution in [0.3, 0.4) is 0 Å². The van der Waals surface area contributed by atoms with Crippen LogP contribution < -0.4 is 16.4 Å². The van der Waals surface area contributed by atoms with Gasteiger partial charge in [-0.15, -0.1) is 0 Å². The molecule has 98 valence electrons. The number of rotatable bonds is 6. The van der Waals surface area contributed by atoms with Gasteiger partial charge < -0.3 is 16.2 Å². The van der Waals surface area contributed by atoms with Gasteiger partial charge in [-0.3, -0.25) is 10.1 Å². The number of anilines is 1. The summed E-state index contributed by atoms with van der Waals surface area (Å²) in [4.78, 5) is 32.7. The van der Waals surface area contributed by atoms with Crippen LogP contribution in [0.5, 0.6) is 0 Å². The lowest BCUT2D eigenvalue weighted by Crippen LogP contribution is -2.43. The summed E-state index contributed by atoms with van der Waals surface area (Å²) >= 11 is 0.839. The van der Waals surface area contributed by atoms with Gasteiger partial charge in [0.1, 0.15) is 6.04 Å². The summed E-state index contributed by atoms with van der Waals surface area (Å²) in [6.07, 6.45) is -0.232. The van der Waals surface area contributed by atoms with Crippen molar-refractivity contribution in [2.24, 2.45) is 5.73 Å². The third-order valence-corrected chi connectivity index (χ3v) is 2.31. The normalized spacial score (nSPS) is 11.6. The van der Waals surface area contributed by atoms with Gasteiger partial charge in [0.15, 0.2) is 0 Å². The van der Waals surface area contributed by atoms with Gasteiger partial charge in [0, 0.05) is 18.0 Å². The number of urea groups is 1. The molecule has 0 unspecified atom stereocenters. The maximum atomic E-state index is 11.4. The number of nitrogens with zero attached hydrogens (tertiary/aromatic N) is 3. The van der Waals surface area contributed by atoms with Crippen molar-refractivity contribution in [3.63, 3.8) is 0 Å². The second kappa shape index (κ2) is 6.44. The van der Waals surface area contributed by atoms with Crippen LogP contribution in [-0.2, 0) is 9.59 Å². The number of aliphatic carboxylic acids is 1. The van der Waals surface area contributed by atoms with Gasteiger partial charge >= 0.3 is 12.0 Å². The third kappa shape index (κ3) is 4.69. The van der Waals surface area contributed by atoms with Crippen LogP contribution >= 0.6 is 11.5 Å². The highest BCUT2D eigenvalue weighted by Crippen LogP contribution is 2.04. The monoisotopic (exact) mass is 274 g/mol. The van der Waals surface area contributed by atoms with Crippen molar-refractivity contribution in [3.8, 4) is 0 Å². The number of carbonyl (C=O) groups is 3. The average molecular weight is 274 g/mol. The number of carboxylic acids is 1. The highest BCUT2D eigenvalue weighted by molar-refractivity contribution is 7.09. The van der Waals surface area contributed by atoms with Crippen molar-refractivity contribution in [1.29, 1.82) is 0 Å². The summed E-state index contributed by atoms with van der Waals surface area (Å²) in [6.45, 7) is 0. The van der Waals surface area contributed by atoms with Gasteiger partial charge in [-0.05, 0) is 11.6 Å². The second-order valence-electron chi connectivity index (χ2n) is 3.16. The number of amides is 3. The molecular formula is C7H10N6O4S. The molecule has 0 saturated carbocycles. The third-order valence-electron chi connectivity index (χ3n) is 1.80. The van der Waals surface area contributed by atoms with Crippen LogP contribution in [0.15, 0.2) is 0 Å². The fourth-order valence-corrected chi connectivity index (χ4v) is 1.38. The Kier molecular flexibility index (Phi) is 4.92. The van der Waals surface area contributed by atoms with Crippen molar-refractivity contribution in [2.45, 2.75) is 18.9 Å². The molecule has 0 aliphatic rings. The maximum Gasteiger partial charge on any atom is 0.326 e.